The highest BCUT2D eigenvalue weighted by Crippen LogP contribution is 2.15. The number of hydrogen-bond donors (Lipinski definition) is 2. The van der Waals surface area contributed by atoms with Crippen LogP contribution in [0.2, 0.25) is 0 Å². The molecule has 3 aromatic heterocycles. The van der Waals surface area contributed by atoms with Crippen LogP contribution in [0.15, 0.2) is 42.7 Å². The third kappa shape index (κ3) is 4.00. The molecule has 7 nitrogen and oxygen atoms in total. The van der Waals surface area contributed by atoms with Gasteiger partial charge < -0.3 is 11.1 Å². The van der Waals surface area contributed by atoms with E-state index < -0.39 is 0 Å². The molecule has 0 amide bonds. The second-order valence-corrected chi connectivity index (χ2v) is 5.84. The third-order valence-corrected chi connectivity index (χ3v) is 3.94. The number of nitrogen functional groups attached to an aromatic ring is 1. The smallest absolute Gasteiger partial charge is 0.187 e. The fourth-order valence-electron chi connectivity index (χ4n) is 2.46. The van der Waals surface area contributed by atoms with Crippen LogP contribution in [-0.4, -0.2) is 25.5 Å². The van der Waals surface area contributed by atoms with Crippen LogP contribution in [0.25, 0.3) is 0 Å². The van der Waals surface area contributed by atoms with E-state index in [-0.39, 0.29) is 5.78 Å². The SMILES string of the molecule is Cc1cc(C(=O)Cc2ccnc(CNc3cccnc3N)c2)nn1C. The van der Waals surface area contributed by atoms with Crippen molar-refractivity contribution in [1.82, 2.24) is 19.7 Å². The molecule has 0 saturated heterocycles. The van der Waals surface area contributed by atoms with Crippen molar-refractivity contribution in [1.29, 1.82) is 0 Å². The van der Waals surface area contributed by atoms with Crippen molar-refractivity contribution in [3.8, 4) is 0 Å². The van der Waals surface area contributed by atoms with E-state index in [1.165, 1.54) is 0 Å². The van der Waals surface area contributed by atoms with Gasteiger partial charge in [-0.2, -0.15) is 5.10 Å². The number of nitrogens with zero attached hydrogens (tertiary/aromatic N) is 4. The van der Waals surface area contributed by atoms with Gasteiger partial charge in [0.25, 0.3) is 0 Å². The lowest BCUT2D eigenvalue weighted by atomic mass is 10.1. The van der Waals surface area contributed by atoms with Gasteiger partial charge in [-0.1, -0.05) is 0 Å². The summed E-state index contributed by atoms with van der Waals surface area (Å²) in [4.78, 5) is 20.7. The molecule has 128 valence electrons. The summed E-state index contributed by atoms with van der Waals surface area (Å²) in [6.45, 7) is 2.42. The molecular weight excluding hydrogens is 316 g/mol. The zero-order chi connectivity index (χ0) is 17.8. The van der Waals surface area contributed by atoms with Gasteiger partial charge in [0.1, 0.15) is 11.5 Å². The molecule has 0 aromatic carbocycles. The van der Waals surface area contributed by atoms with Crippen LogP contribution in [0.5, 0.6) is 0 Å². The summed E-state index contributed by atoms with van der Waals surface area (Å²) in [5, 5.41) is 7.43. The van der Waals surface area contributed by atoms with Gasteiger partial charge in [-0.3, -0.25) is 14.5 Å². The van der Waals surface area contributed by atoms with Crippen molar-refractivity contribution in [3.05, 3.63) is 65.4 Å². The van der Waals surface area contributed by atoms with Gasteiger partial charge in [-0.25, -0.2) is 4.98 Å². The Bertz CT molecular complexity index is 883. The molecule has 0 aliphatic rings. The Morgan fingerprint density at radius 2 is 2.08 bits per heavy atom. The molecule has 3 rings (SSSR count). The standard InChI is InChI=1S/C18H20N6O/c1-12-8-16(23-24(12)2)17(25)10-13-5-7-20-14(9-13)11-22-15-4-3-6-21-18(15)19/h3-9,22H,10-11H2,1-2H3,(H2,19,21). The molecule has 0 bridgehead atoms. The van der Waals surface area contributed by atoms with Gasteiger partial charge >= 0.3 is 0 Å². The van der Waals surface area contributed by atoms with E-state index >= 15 is 0 Å². The van der Waals surface area contributed by atoms with Crippen molar-refractivity contribution in [2.45, 2.75) is 19.9 Å². The summed E-state index contributed by atoms with van der Waals surface area (Å²) in [5.41, 5.74) is 9.74. The third-order valence-electron chi connectivity index (χ3n) is 3.94. The van der Waals surface area contributed by atoms with Crippen LogP contribution in [0.3, 0.4) is 0 Å². The zero-order valence-corrected chi connectivity index (χ0v) is 14.2. The lowest BCUT2D eigenvalue weighted by molar-refractivity contribution is 0.0987. The minimum Gasteiger partial charge on any atom is -0.382 e. The van der Waals surface area contributed by atoms with E-state index in [9.17, 15) is 4.79 Å². The Morgan fingerprint density at radius 1 is 1.24 bits per heavy atom. The summed E-state index contributed by atoms with van der Waals surface area (Å²) in [5.74, 6) is 0.435. The molecular formula is C18H20N6O. The number of pyridine rings is 2. The number of Topliss-reactive ketones (excluding diaryl/α,β-unsaturated/α-hetero) is 1. The van der Waals surface area contributed by atoms with Crippen LogP contribution in [0.1, 0.15) is 27.4 Å². The topological polar surface area (TPSA) is 98.7 Å². The number of ketones is 1. The Hall–Kier alpha value is -3.22. The molecule has 0 fully saturated rings. The molecule has 0 radical (unpaired) electrons. The number of aromatic nitrogens is 4. The summed E-state index contributed by atoms with van der Waals surface area (Å²) >= 11 is 0. The van der Waals surface area contributed by atoms with Crippen LogP contribution < -0.4 is 11.1 Å². The molecule has 3 heterocycles. The Labute approximate surface area is 145 Å². The van der Waals surface area contributed by atoms with E-state index in [4.69, 9.17) is 5.73 Å². The number of rotatable bonds is 6. The maximum atomic E-state index is 12.4. The first-order chi connectivity index (χ1) is 12.0. The molecule has 0 unspecified atom stereocenters. The van der Waals surface area contributed by atoms with Crippen LogP contribution in [-0.2, 0) is 20.0 Å². The van der Waals surface area contributed by atoms with E-state index in [0.29, 0.717) is 24.5 Å². The number of hydrogen-bond acceptors (Lipinski definition) is 6. The Balaban J connectivity index is 1.67. The zero-order valence-electron chi connectivity index (χ0n) is 14.2. The molecule has 0 aliphatic heterocycles. The molecule has 0 saturated carbocycles. The van der Waals surface area contributed by atoms with E-state index in [2.05, 4.69) is 20.4 Å². The highest BCUT2D eigenvalue weighted by atomic mass is 16.1. The maximum Gasteiger partial charge on any atom is 0.187 e. The highest BCUT2D eigenvalue weighted by molar-refractivity contribution is 5.95. The number of nitrogens with one attached hydrogen (secondary N) is 1. The molecule has 0 atom stereocenters. The molecule has 25 heavy (non-hydrogen) atoms. The fourth-order valence-corrected chi connectivity index (χ4v) is 2.46. The summed E-state index contributed by atoms with van der Waals surface area (Å²) < 4.78 is 1.70. The number of carbonyl (C=O) groups excluding carboxylic acids is 1. The number of anilines is 2. The van der Waals surface area contributed by atoms with Crippen molar-refractivity contribution in [2.75, 3.05) is 11.1 Å². The quantitative estimate of drug-likeness (QED) is 0.669. The summed E-state index contributed by atoms with van der Waals surface area (Å²) in [6, 6.07) is 9.23. The van der Waals surface area contributed by atoms with Crippen molar-refractivity contribution >= 4 is 17.3 Å². The van der Waals surface area contributed by atoms with Gasteiger partial charge in [0.15, 0.2) is 5.78 Å². The Kier molecular flexibility index (Phi) is 4.74. The molecule has 3 aromatic rings. The van der Waals surface area contributed by atoms with Crippen molar-refractivity contribution < 1.29 is 4.79 Å². The predicted octanol–water partition coefficient (Wildman–Crippen LogP) is 2.14. The first-order valence-corrected chi connectivity index (χ1v) is 7.95. The average Bonchev–Trinajstić information content (AvgIpc) is 2.94. The summed E-state index contributed by atoms with van der Waals surface area (Å²) in [6.07, 6.45) is 3.64. The fraction of sp³-hybridized carbons (Fsp3) is 0.222. The Morgan fingerprint density at radius 3 is 2.80 bits per heavy atom. The van der Waals surface area contributed by atoms with Crippen LogP contribution in [0, 0.1) is 6.92 Å². The largest absolute Gasteiger partial charge is 0.382 e. The second kappa shape index (κ2) is 7.12. The van der Waals surface area contributed by atoms with Crippen molar-refractivity contribution in [3.63, 3.8) is 0 Å². The van der Waals surface area contributed by atoms with E-state index in [0.717, 1.165) is 22.6 Å². The van der Waals surface area contributed by atoms with Crippen molar-refractivity contribution in [2.24, 2.45) is 7.05 Å². The van der Waals surface area contributed by atoms with Crippen LogP contribution in [0.4, 0.5) is 11.5 Å². The average molecular weight is 336 g/mol. The highest BCUT2D eigenvalue weighted by Gasteiger charge is 2.12. The first kappa shape index (κ1) is 16.6. The summed E-state index contributed by atoms with van der Waals surface area (Å²) in [7, 11) is 1.83. The lowest BCUT2D eigenvalue weighted by Gasteiger charge is -2.08. The minimum atomic E-state index is -0.00897. The number of aryl methyl sites for hydroxylation is 2. The molecule has 0 spiro atoms. The van der Waals surface area contributed by atoms with Gasteiger partial charge in [-0.15, -0.1) is 0 Å². The normalized spacial score (nSPS) is 10.6. The molecule has 7 heteroatoms. The van der Waals surface area contributed by atoms with Crippen LogP contribution >= 0.6 is 0 Å². The van der Waals surface area contributed by atoms with Gasteiger partial charge in [-0.05, 0) is 42.8 Å². The molecule has 0 aliphatic carbocycles. The van der Waals surface area contributed by atoms with Gasteiger partial charge in [0, 0.05) is 31.6 Å². The number of nitrogens with two attached hydrogens (primary N) is 1. The number of carbonyl (C=O) groups is 1. The maximum absolute atomic E-state index is 12.4. The lowest BCUT2D eigenvalue weighted by Crippen LogP contribution is -2.08. The first-order valence-electron chi connectivity index (χ1n) is 7.95. The van der Waals surface area contributed by atoms with E-state index in [1.54, 1.807) is 23.1 Å². The monoisotopic (exact) mass is 336 g/mol. The molecule has 3 N–H and O–H groups in total. The predicted molar refractivity (Wildman–Crippen MR) is 96.2 cm³/mol. The van der Waals surface area contributed by atoms with Gasteiger partial charge in [0.05, 0.1) is 17.9 Å². The van der Waals surface area contributed by atoms with Gasteiger partial charge in [0.2, 0.25) is 0 Å². The minimum absolute atomic E-state index is 0.00897. The van der Waals surface area contributed by atoms with E-state index in [1.807, 2.05) is 38.2 Å². The second-order valence-electron chi connectivity index (χ2n) is 5.84.